The van der Waals surface area contributed by atoms with Gasteiger partial charge >= 0.3 is 0 Å². The maximum atomic E-state index is 5.65. The van der Waals surface area contributed by atoms with Crippen molar-refractivity contribution in [1.29, 1.82) is 0 Å². The van der Waals surface area contributed by atoms with Crippen molar-refractivity contribution >= 4 is 11.2 Å². The van der Waals surface area contributed by atoms with E-state index in [-0.39, 0.29) is 0 Å². The molecule has 2 N–H and O–H groups in total. The molecule has 0 unspecified atom stereocenters. The van der Waals surface area contributed by atoms with Gasteiger partial charge in [-0.1, -0.05) is 29.8 Å². The molecule has 2 heterocycles. The van der Waals surface area contributed by atoms with Gasteiger partial charge in [-0.15, -0.1) is 0 Å². The molecule has 0 radical (unpaired) electrons. The van der Waals surface area contributed by atoms with Crippen LogP contribution in [0.15, 0.2) is 42.6 Å². The van der Waals surface area contributed by atoms with Gasteiger partial charge in [0.2, 0.25) is 0 Å². The lowest BCUT2D eigenvalue weighted by atomic mass is 10.1. The molecular formula is C17H20N4. The Morgan fingerprint density at radius 1 is 1.14 bits per heavy atom. The summed E-state index contributed by atoms with van der Waals surface area (Å²) in [6, 6.07) is 12.5. The van der Waals surface area contributed by atoms with E-state index < -0.39 is 0 Å². The van der Waals surface area contributed by atoms with E-state index in [2.05, 4.69) is 40.7 Å². The number of aryl methyl sites for hydroxylation is 2. The van der Waals surface area contributed by atoms with E-state index in [9.17, 15) is 0 Å². The Hall–Kier alpha value is -2.20. The Bertz CT molecular complexity index is 728. The summed E-state index contributed by atoms with van der Waals surface area (Å²) in [4.78, 5) is 9.21. The zero-order chi connectivity index (χ0) is 14.7. The second-order valence-electron chi connectivity index (χ2n) is 5.33. The molecule has 21 heavy (non-hydrogen) atoms. The minimum Gasteiger partial charge on any atom is -0.330 e. The van der Waals surface area contributed by atoms with E-state index in [0.29, 0.717) is 6.54 Å². The number of nitrogens with two attached hydrogens (primary N) is 1. The molecule has 0 spiro atoms. The molecular weight excluding hydrogens is 260 g/mol. The zero-order valence-electron chi connectivity index (χ0n) is 12.3. The first kappa shape index (κ1) is 13.8. The van der Waals surface area contributed by atoms with Crippen LogP contribution in [0.3, 0.4) is 0 Å². The lowest BCUT2D eigenvalue weighted by Crippen LogP contribution is -2.09. The Labute approximate surface area is 124 Å². The summed E-state index contributed by atoms with van der Waals surface area (Å²) in [5.74, 6) is 1.06. The molecule has 1 aromatic carbocycles. The summed E-state index contributed by atoms with van der Waals surface area (Å²) in [5, 5.41) is 0. The number of imidazole rings is 1. The molecule has 0 aliphatic carbocycles. The minimum absolute atomic E-state index is 0.677. The molecule has 4 nitrogen and oxygen atoms in total. The van der Waals surface area contributed by atoms with Crippen LogP contribution < -0.4 is 5.73 Å². The highest BCUT2D eigenvalue weighted by molar-refractivity contribution is 5.71. The number of hydrogen-bond acceptors (Lipinski definition) is 3. The SMILES string of the molecule is Cc1ccc(Cc2nc3cccnc3n2CCCN)cc1. The molecule has 0 amide bonds. The number of nitrogens with zero attached hydrogens (tertiary/aromatic N) is 3. The molecule has 2 aromatic heterocycles. The third-order valence-corrected chi connectivity index (χ3v) is 3.65. The first-order chi connectivity index (χ1) is 10.3. The van der Waals surface area contributed by atoms with Gasteiger partial charge < -0.3 is 10.3 Å². The van der Waals surface area contributed by atoms with Crippen LogP contribution in [-0.4, -0.2) is 21.1 Å². The number of aromatic nitrogens is 3. The molecule has 3 rings (SSSR count). The molecule has 108 valence electrons. The molecule has 0 atom stereocenters. The van der Waals surface area contributed by atoms with Crippen molar-refractivity contribution in [2.24, 2.45) is 5.73 Å². The first-order valence-electron chi connectivity index (χ1n) is 7.33. The van der Waals surface area contributed by atoms with Gasteiger partial charge in [0.15, 0.2) is 5.65 Å². The predicted molar refractivity (Wildman–Crippen MR) is 85.2 cm³/mol. The average Bonchev–Trinajstić information content (AvgIpc) is 2.85. The van der Waals surface area contributed by atoms with Crippen LogP contribution in [-0.2, 0) is 13.0 Å². The number of hydrogen-bond donors (Lipinski definition) is 1. The third kappa shape index (κ3) is 2.95. The van der Waals surface area contributed by atoms with Crippen molar-refractivity contribution in [1.82, 2.24) is 14.5 Å². The van der Waals surface area contributed by atoms with Crippen molar-refractivity contribution in [3.8, 4) is 0 Å². The summed E-state index contributed by atoms with van der Waals surface area (Å²) < 4.78 is 2.20. The molecule has 0 aliphatic rings. The summed E-state index contributed by atoms with van der Waals surface area (Å²) in [6.07, 6.45) is 3.57. The van der Waals surface area contributed by atoms with Crippen LogP contribution in [0.25, 0.3) is 11.2 Å². The van der Waals surface area contributed by atoms with E-state index in [1.165, 1.54) is 11.1 Å². The van der Waals surface area contributed by atoms with Crippen LogP contribution >= 0.6 is 0 Å². The van der Waals surface area contributed by atoms with Gasteiger partial charge in [0.1, 0.15) is 11.3 Å². The van der Waals surface area contributed by atoms with Crippen LogP contribution in [0.5, 0.6) is 0 Å². The number of pyridine rings is 1. The Morgan fingerprint density at radius 2 is 1.95 bits per heavy atom. The average molecular weight is 280 g/mol. The fourth-order valence-electron chi connectivity index (χ4n) is 2.51. The molecule has 3 aromatic rings. The van der Waals surface area contributed by atoms with Crippen molar-refractivity contribution in [2.45, 2.75) is 26.3 Å². The maximum Gasteiger partial charge on any atom is 0.159 e. The minimum atomic E-state index is 0.677. The molecule has 4 heteroatoms. The van der Waals surface area contributed by atoms with Gasteiger partial charge in [-0.2, -0.15) is 0 Å². The fraction of sp³-hybridized carbons (Fsp3) is 0.294. The van der Waals surface area contributed by atoms with Crippen LogP contribution in [0.1, 0.15) is 23.4 Å². The monoisotopic (exact) mass is 280 g/mol. The van der Waals surface area contributed by atoms with E-state index >= 15 is 0 Å². The van der Waals surface area contributed by atoms with E-state index in [0.717, 1.165) is 36.4 Å². The molecule has 0 saturated carbocycles. The van der Waals surface area contributed by atoms with Gasteiger partial charge in [-0.25, -0.2) is 9.97 Å². The van der Waals surface area contributed by atoms with Crippen molar-refractivity contribution in [2.75, 3.05) is 6.54 Å². The number of fused-ring (bicyclic) bond motifs is 1. The second-order valence-corrected chi connectivity index (χ2v) is 5.33. The quantitative estimate of drug-likeness (QED) is 0.781. The topological polar surface area (TPSA) is 56.7 Å². The highest BCUT2D eigenvalue weighted by Gasteiger charge is 2.11. The van der Waals surface area contributed by atoms with E-state index in [4.69, 9.17) is 10.7 Å². The molecule has 0 saturated heterocycles. The Morgan fingerprint density at radius 3 is 2.71 bits per heavy atom. The standard InChI is InChI=1S/C17H20N4/c1-13-5-7-14(8-6-13)12-16-20-15-4-2-10-19-17(15)21(16)11-3-9-18/h2,4-8,10H,3,9,11-12,18H2,1H3. The Kier molecular flexibility index (Phi) is 3.97. The largest absolute Gasteiger partial charge is 0.330 e. The number of rotatable bonds is 5. The lowest BCUT2D eigenvalue weighted by molar-refractivity contribution is 0.635. The molecule has 0 fully saturated rings. The summed E-state index contributed by atoms with van der Waals surface area (Å²) in [7, 11) is 0. The summed E-state index contributed by atoms with van der Waals surface area (Å²) >= 11 is 0. The van der Waals surface area contributed by atoms with Gasteiger partial charge in [-0.3, -0.25) is 0 Å². The van der Waals surface area contributed by atoms with Crippen LogP contribution in [0.2, 0.25) is 0 Å². The molecule has 0 bridgehead atoms. The zero-order valence-corrected chi connectivity index (χ0v) is 12.3. The normalized spacial score (nSPS) is 11.1. The smallest absolute Gasteiger partial charge is 0.159 e. The predicted octanol–water partition coefficient (Wildman–Crippen LogP) is 2.68. The van der Waals surface area contributed by atoms with Gasteiger partial charge in [0.05, 0.1) is 0 Å². The van der Waals surface area contributed by atoms with Crippen molar-refractivity contribution < 1.29 is 0 Å². The maximum absolute atomic E-state index is 5.65. The summed E-state index contributed by atoms with van der Waals surface area (Å²) in [6.45, 7) is 3.64. The first-order valence-corrected chi connectivity index (χ1v) is 7.33. The van der Waals surface area contributed by atoms with Crippen molar-refractivity contribution in [3.05, 3.63) is 59.5 Å². The molecule has 0 aliphatic heterocycles. The van der Waals surface area contributed by atoms with E-state index in [1.54, 1.807) is 0 Å². The summed E-state index contributed by atoms with van der Waals surface area (Å²) in [5.41, 5.74) is 10.1. The highest BCUT2D eigenvalue weighted by atomic mass is 15.1. The lowest BCUT2D eigenvalue weighted by Gasteiger charge is -2.08. The van der Waals surface area contributed by atoms with Crippen LogP contribution in [0.4, 0.5) is 0 Å². The second kappa shape index (κ2) is 6.06. The highest BCUT2D eigenvalue weighted by Crippen LogP contribution is 2.17. The third-order valence-electron chi connectivity index (χ3n) is 3.65. The van der Waals surface area contributed by atoms with Gasteiger partial charge in [0.25, 0.3) is 0 Å². The Balaban J connectivity index is 1.97. The van der Waals surface area contributed by atoms with E-state index in [1.807, 2.05) is 18.3 Å². The fourth-order valence-corrected chi connectivity index (χ4v) is 2.51. The number of benzene rings is 1. The van der Waals surface area contributed by atoms with Crippen LogP contribution in [0, 0.1) is 6.92 Å². The van der Waals surface area contributed by atoms with Crippen molar-refractivity contribution in [3.63, 3.8) is 0 Å². The van der Waals surface area contributed by atoms with Gasteiger partial charge in [-0.05, 0) is 37.6 Å². The van der Waals surface area contributed by atoms with Gasteiger partial charge in [0, 0.05) is 19.2 Å².